The van der Waals surface area contributed by atoms with E-state index in [4.69, 9.17) is 9.47 Å². The van der Waals surface area contributed by atoms with Gasteiger partial charge in [-0.2, -0.15) is 0 Å². The number of imidazole rings is 2. The molecule has 0 bridgehead atoms. The van der Waals surface area contributed by atoms with Crippen LogP contribution in [0.1, 0.15) is 157 Å². The highest BCUT2D eigenvalue weighted by Gasteiger charge is 2.52. The highest BCUT2D eigenvalue weighted by atomic mass is 19.3. The molecule has 4 aliphatic rings. The van der Waals surface area contributed by atoms with Crippen LogP contribution in [0.15, 0.2) is 36.7 Å². The number of halogens is 4. The topological polar surface area (TPSA) is 175 Å². The summed E-state index contributed by atoms with van der Waals surface area (Å²) in [5, 5.41) is 5.03. The number of hydrogen-bond acceptors (Lipinski definition) is 8. The number of benzene rings is 2. The van der Waals surface area contributed by atoms with Gasteiger partial charge in [-0.05, 0) is 88.2 Å². The molecule has 372 valence electrons. The van der Waals surface area contributed by atoms with E-state index in [1.807, 2.05) is 0 Å². The maximum absolute atomic E-state index is 15.2. The van der Waals surface area contributed by atoms with Gasteiger partial charge in [0.15, 0.2) is 0 Å². The Morgan fingerprint density at radius 1 is 0.609 bits per heavy atom. The number of nitrogens with zero attached hydrogens (tertiary/aromatic N) is 4. The standard InChI is InChI=1S/C51H64F4N8O6/c1-24(2)42(60-48(66)68-9)46(64)62-22-50(52,53)18-36(62)44-56-20-34(58-44)32-15-13-30(38-26(5)11-12-27(6)39(32)38)31-14-16-33(41-29(8)17-28(7)40(31)41)35-21-57-45(59-35)37-19-51(54,55)23-63(37)47(65)43(25(3)4)61-49(67)69-10/h13-16,20-21,24-29,36-37,42-43H,11-12,17-19,22-23H2,1-10H3,(H,56,58)(H,57,59)(H,60,66)(H,61,67). The van der Waals surface area contributed by atoms with Gasteiger partial charge in [-0.1, -0.05) is 79.7 Å². The van der Waals surface area contributed by atoms with Crippen molar-refractivity contribution in [3.05, 3.63) is 70.6 Å². The van der Waals surface area contributed by atoms with Crippen LogP contribution in [0.3, 0.4) is 0 Å². The third kappa shape index (κ3) is 9.31. The first-order chi connectivity index (χ1) is 32.5. The molecule has 18 heteroatoms. The fraction of sp³-hybridized carbons (Fsp3) is 0.569. The number of alkyl halides is 4. The summed E-state index contributed by atoms with van der Waals surface area (Å²) < 4.78 is 70.3. The van der Waals surface area contributed by atoms with Crippen molar-refractivity contribution in [2.75, 3.05) is 27.3 Å². The van der Waals surface area contributed by atoms with Crippen molar-refractivity contribution in [3.8, 4) is 33.6 Å². The van der Waals surface area contributed by atoms with Crippen LogP contribution in [-0.4, -0.2) is 105 Å². The molecule has 69 heavy (non-hydrogen) atoms. The molecule has 2 aliphatic carbocycles. The average molecular weight is 961 g/mol. The van der Waals surface area contributed by atoms with Crippen LogP contribution < -0.4 is 10.6 Å². The minimum Gasteiger partial charge on any atom is -0.453 e. The Morgan fingerprint density at radius 3 is 1.33 bits per heavy atom. The van der Waals surface area contributed by atoms with E-state index in [9.17, 15) is 19.2 Å². The number of likely N-dealkylation sites (tertiary alicyclic amines) is 2. The fourth-order valence-corrected chi connectivity index (χ4v) is 11.5. The predicted octanol–water partition coefficient (Wildman–Crippen LogP) is 10.3. The van der Waals surface area contributed by atoms with Crippen LogP contribution >= 0.6 is 0 Å². The second kappa shape index (κ2) is 18.8. The van der Waals surface area contributed by atoms with Crippen molar-refractivity contribution < 1.29 is 46.2 Å². The molecule has 0 spiro atoms. The van der Waals surface area contributed by atoms with Gasteiger partial charge in [0.05, 0.1) is 63.2 Å². The van der Waals surface area contributed by atoms with E-state index in [0.717, 1.165) is 62.4 Å². The van der Waals surface area contributed by atoms with Gasteiger partial charge >= 0.3 is 12.2 Å². The van der Waals surface area contributed by atoms with Gasteiger partial charge in [0.25, 0.3) is 11.8 Å². The number of H-pyrrole nitrogens is 2. The number of ether oxygens (including phenoxy) is 2. The molecule has 8 rings (SSSR count). The Labute approximate surface area is 400 Å². The highest BCUT2D eigenvalue weighted by Crippen LogP contribution is 2.54. The third-order valence-corrected chi connectivity index (χ3v) is 14.9. The molecule has 8 atom stereocenters. The van der Waals surface area contributed by atoms with Crippen molar-refractivity contribution in [2.24, 2.45) is 11.8 Å². The molecule has 4 aromatic rings. The normalized spacial score (nSPS) is 24.5. The lowest BCUT2D eigenvalue weighted by Gasteiger charge is -2.33. The highest BCUT2D eigenvalue weighted by molar-refractivity contribution is 5.88. The predicted molar refractivity (Wildman–Crippen MR) is 251 cm³/mol. The molecule has 4 N–H and O–H groups in total. The Bertz CT molecular complexity index is 2630. The second-order valence-corrected chi connectivity index (χ2v) is 20.6. The number of fused-ring (bicyclic) bond motifs is 2. The summed E-state index contributed by atoms with van der Waals surface area (Å²) >= 11 is 0. The summed E-state index contributed by atoms with van der Waals surface area (Å²) in [5.74, 6) is -7.30. The molecule has 2 aromatic heterocycles. The quantitative estimate of drug-likeness (QED) is 0.107. The molecule has 2 aliphatic heterocycles. The molecule has 2 fully saturated rings. The largest absolute Gasteiger partial charge is 0.453 e. The smallest absolute Gasteiger partial charge is 0.407 e. The van der Waals surface area contributed by atoms with Crippen LogP contribution in [0.2, 0.25) is 0 Å². The molecule has 0 saturated carbocycles. The van der Waals surface area contributed by atoms with Crippen molar-refractivity contribution in [1.29, 1.82) is 0 Å². The Kier molecular flexibility index (Phi) is 13.5. The van der Waals surface area contributed by atoms with Crippen LogP contribution in [-0.2, 0) is 19.1 Å². The first-order valence-corrected chi connectivity index (χ1v) is 24.0. The second-order valence-electron chi connectivity index (χ2n) is 20.6. The number of carbonyl (C=O) groups is 4. The van der Waals surface area contributed by atoms with E-state index in [2.05, 4.69) is 82.5 Å². The monoisotopic (exact) mass is 960 g/mol. The van der Waals surface area contributed by atoms with Crippen LogP contribution in [0.25, 0.3) is 33.6 Å². The number of carbonyl (C=O) groups excluding carboxylic acids is 4. The van der Waals surface area contributed by atoms with Gasteiger partial charge in [0.1, 0.15) is 23.7 Å². The number of methoxy groups -OCH3 is 2. The van der Waals surface area contributed by atoms with Gasteiger partial charge in [0, 0.05) is 24.0 Å². The maximum Gasteiger partial charge on any atom is 0.407 e. The molecule has 0 radical (unpaired) electrons. The summed E-state index contributed by atoms with van der Waals surface area (Å²) in [6.07, 6.45) is 3.19. The molecular weight excluding hydrogens is 897 g/mol. The van der Waals surface area contributed by atoms with Crippen molar-refractivity contribution in [2.45, 2.75) is 147 Å². The van der Waals surface area contributed by atoms with E-state index in [1.165, 1.54) is 25.3 Å². The minimum atomic E-state index is -3.17. The lowest BCUT2D eigenvalue weighted by atomic mass is 9.72. The zero-order chi connectivity index (χ0) is 50.0. The average Bonchev–Trinajstić information content (AvgIpc) is 4.15. The van der Waals surface area contributed by atoms with Gasteiger partial charge in [0.2, 0.25) is 11.8 Å². The van der Waals surface area contributed by atoms with Crippen molar-refractivity contribution >= 4 is 24.0 Å². The molecule has 2 aromatic carbocycles. The van der Waals surface area contributed by atoms with E-state index in [-0.39, 0.29) is 35.3 Å². The Balaban J connectivity index is 1.15. The van der Waals surface area contributed by atoms with E-state index in [0.29, 0.717) is 11.4 Å². The summed E-state index contributed by atoms with van der Waals surface area (Å²) in [6.45, 7) is 14.1. The van der Waals surface area contributed by atoms with E-state index >= 15 is 17.6 Å². The molecule has 2 saturated heterocycles. The van der Waals surface area contributed by atoms with Crippen LogP contribution in [0, 0.1) is 11.8 Å². The molecular formula is C51H64F4N8O6. The minimum absolute atomic E-state index is 0.150. The molecule has 4 heterocycles. The van der Waals surface area contributed by atoms with E-state index in [1.54, 1.807) is 40.1 Å². The molecule has 8 unspecified atom stereocenters. The number of hydrogen-bond donors (Lipinski definition) is 4. The maximum atomic E-state index is 15.2. The van der Waals surface area contributed by atoms with Gasteiger partial charge < -0.3 is 39.9 Å². The summed E-state index contributed by atoms with van der Waals surface area (Å²) in [5.41, 5.74) is 10.0. The summed E-state index contributed by atoms with van der Waals surface area (Å²) in [6, 6.07) is 4.13. The molecule has 14 nitrogen and oxygen atoms in total. The number of amides is 4. The number of aromatic nitrogens is 4. The van der Waals surface area contributed by atoms with Gasteiger partial charge in [-0.3, -0.25) is 9.59 Å². The number of rotatable bonds is 11. The summed E-state index contributed by atoms with van der Waals surface area (Å²) in [7, 11) is 2.35. The number of nitrogens with one attached hydrogen (secondary N) is 4. The van der Waals surface area contributed by atoms with Crippen LogP contribution in [0.5, 0.6) is 0 Å². The fourth-order valence-electron chi connectivity index (χ4n) is 11.5. The van der Waals surface area contributed by atoms with Gasteiger partial charge in [-0.25, -0.2) is 37.1 Å². The number of aromatic amines is 2. The van der Waals surface area contributed by atoms with E-state index < -0.39 is 97.8 Å². The third-order valence-electron chi connectivity index (χ3n) is 14.9. The van der Waals surface area contributed by atoms with Crippen LogP contribution in [0.4, 0.5) is 27.2 Å². The Hall–Kier alpha value is -5.94. The zero-order valence-corrected chi connectivity index (χ0v) is 40.9. The number of alkyl carbamates (subject to hydrolysis) is 2. The Morgan fingerprint density at radius 2 is 0.957 bits per heavy atom. The SMILES string of the molecule is COC(=O)NC(C(=O)N1CC(F)(F)CC1c1ncc(-c2ccc(-c3ccc(-c4cnc(C5CC(F)(F)CN5C(=O)C(NC(=O)OC)C(C)C)[nH]4)c4c3C(C)CC4C)c3c2C(C)CCC3C)[nH]1)C(C)C. The molecule has 4 amide bonds. The van der Waals surface area contributed by atoms with Crippen molar-refractivity contribution in [3.63, 3.8) is 0 Å². The first-order valence-electron chi connectivity index (χ1n) is 24.0. The van der Waals surface area contributed by atoms with Crippen molar-refractivity contribution in [1.82, 2.24) is 40.4 Å². The lowest BCUT2D eigenvalue weighted by molar-refractivity contribution is -0.137. The summed E-state index contributed by atoms with van der Waals surface area (Å²) in [4.78, 5) is 70.2. The first kappa shape index (κ1) is 49.5. The zero-order valence-electron chi connectivity index (χ0n) is 40.9. The van der Waals surface area contributed by atoms with Gasteiger partial charge in [-0.15, -0.1) is 0 Å². The lowest BCUT2D eigenvalue weighted by Crippen LogP contribution is -2.51.